The molecule has 2 N–H and O–H groups in total. The smallest absolute Gasteiger partial charge is 0.239 e. The molecule has 2 aromatic carbocycles. The maximum Gasteiger partial charge on any atom is 0.239 e. The molecule has 9 heteroatoms. The summed E-state index contributed by atoms with van der Waals surface area (Å²) in [6, 6.07) is 15.6. The van der Waals surface area contributed by atoms with Crippen LogP contribution in [0.3, 0.4) is 0 Å². The molecule has 0 aliphatic rings. The second-order valence-electron chi connectivity index (χ2n) is 7.52. The van der Waals surface area contributed by atoms with E-state index in [1.165, 1.54) is 23.1 Å². The van der Waals surface area contributed by atoms with Crippen LogP contribution in [0.5, 0.6) is 11.5 Å². The summed E-state index contributed by atoms with van der Waals surface area (Å²) in [6.07, 6.45) is 0.650. The first-order valence-electron chi connectivity index (χ1n) is 10.8. The van der Waals surface area contributed by atoms with Gasteiger partial charge in [0.25, 0.3) is 0 Å². The number of carbonyl (C=O) groups is 1. The zero-order valence-electron chi connectivity index (χ0n) is 19.4. The van der Waals surface area contributed by atoms with Crippen LogP contribution in [0.1, 0.15) is 19.0 Å². The summed E-state index contributed by atoms with van der Waals surface area (Å²) in [5, 5.41) is 5.81. The highest BCUT2D eigenvalue weighted by molar-refractivity contribution is 8.00. The van der Waals surface area contributed by atoms with E-state index in [-0.39, 0.29) is 11.2 Å². The fraction of sp³-hybridized carbons (Fsp3) is 0.240. The van der Waals surface area contributed by atoms with Crippen molar-refractivity contribution in [1.29, 1.82) is 0 Å². The number of hydrogen-bond acceptors (Lipinski definition) is 7. The Morgan fingerprint density at radius 3 is 2.18 bits per heavy atom. The Bertz CT molecular complexity index is 1190. The number of hydrogen-bond donors (Lipinski definition) is 2. The highest BCUT2D eigenvalue weighted by Gasteiger charge is 2.23. The van der Waals surface area contributed by atoms with Crippen molar-refractivity contribution in [1.82, 2.24) is 15.0 Å². The van der Waals surface area contributed by atoms with E-state index in [2.05, 4.69) is 15.3 Å². The maximum atomic E-state index is 12.9. The van der Waals surface area contributed by atoms with Gasteiger partial charge in [0, 0.05) is 16.5 Å². The van der Waals surface area contributed by atoms with Gasteiger partial charge in [0.05, 0.1) is 36.6 Å². The van der Waals surface area contributed by atoms with Crippen molar-refractivity contribution in [3.05, 3.63) is 59.6 Å². The number of methoxy groups -OCH3 is 2. The fourth-order valence-electron chi connectivity index (χ4n) is 3.39. The first kappa shape index (κ1) is 23.8. The number of nitrogens with zero attached hydrogens (tertiary/aromatic N) is 2. The lowest BCUT2D eigenvalue weighted by Crippen LogP contribution is -2.24. The summed E-state index contributed by atoms with van der Waals surface area (Å²) in [7, 11) is 3.29. The number of H-pyrrole nitrogens is 1. The molecule has 0 radical (unpaired) electrons. The lowest BCUT2D eigenvalue weighted by atomic mass is 10.0. The van der Waals surface area contributed by atoms with E-state index in [0.29, 0.717) is 16.7 Å². The number of thioether (sulfide) groups is 1. The van der Waals surface area contributed by atoms with E-state index in [0.717, 1.165) is 39.7 Å². The van der Waals surface area contributed by atoms with Gasteiger partial charge in [0.15, 0.2) is 10.3 Å². The van der Waals surface area contributed by atoms with Crippen molar-refractivity contribution in [3.8, 4) is 34.0 Å². The molecule has 4 rings (SSSR count). The Kier molecular flexibility index (Phi) is 7.54. The van der Waals surface area contributed by atoms with Crippen LogP contribution in [0.4, 0.5) is 5.13 Å². The highest BCUT2D eigenvalue weighted by atomic mass is 32.2. The molecule has 0 saturated heterocycles. The monoisotopic (exact) mass is 494 g/mol. The molecule has 0 aliphatic heterocycles. The molecule has 0 saturated carbocycles. The predicted octanol–water partition coefficient (Wildman–Crippen LogP) is 6.04. The van der Waals surface area contributed by atoms with E-state index >= 15 is 0 Å². The normalized spacial score (nSPS) is 11.8. The van der Waals surface area contributed by atoms with Crippen LogP contribution in [0.25, 0.3) is 22.5 Å². The number of aryl methyl sites for hydroxylation is 1. The van der Waals surface area contributed by atoms with Crippen molar-refractivity contribution in [2.24, 2.45) is 0 Å². The number of imidazole rings is 1. The summed E-state index contributed by atoms with van der Waals surface area (Å²) in [6.45, 7) is 3.89. The number of benzene rings is 2. The van der Waals surface area contributed by atoms with Crippen molar-refractivity contribution in [2.75, 3.05) is 19.5 Å². The number of nitrogens with one attached hydrogen (secondary N) is 2. The molecule has 0 bridgehead atoms. The lowest BCUT2D eigenvalue weighted by Gasteiger charge is -2.11. The minimum absolute atomic E-state index is 0.0877. The SMILES string of the molecule is CCC(Sc1nc(-c2ccc(OC)cc2)c(-c2ccc(OC)cc2)[nH]1)C(=O)Nc1nc(C)cs1. The van der Waals surface area contributed by atoms with Gasteiger partial charge in [-0.2, -0.15) is 0 Å². The summed E-state index contributed by atoms with van der Waals surface area (Å²) < 4.78 is 10.6. The quantitative estimate of drug-likeness (QED) is 0.276. The highest BCUT2D eigenvalue weighted by Crippen LogP contribution is 2.36. The molecule has 176 valence electrons. The molecule has 1 unspecified atom stereocenters. The Hall–Kier alpha value is -3.30. The van der Waals surface area contributed by atoms with Crippen molar-refractivity contribution in [3.63, 3.8) is 0 Å². The molecule has 2 heterocycles. The average Bonchev–Trinajstić information content (AvgIpc) is 3.48. The second kappa shape index (κ2) is 10.8. The summed E-state index contributed by atoms with van der Waals surface area (Å²) >= 11 is 2.83. The number of carbonyl (C=O) groups excluding carboxylic acids is 1. The number of amides is 1. The Labute approximate surface area is 207 Å². The van der Waals surface area contributed by atoms with Crippen molar-refractivity contribution < 1.29 is 14.3 Å². The van der Waals surface area contributed by atoms with Gasteiger partial charge in [-0.1, -0.05) is 18.7 Å². The number of ether oxygens (including phenoxy) is 2. The van der Waals surface area contributed by atoms with Gasteiger partial charge in [-0.3, -0.25) is 4.79 Å². The number of aromatic amines is 1. The van der Waals surface area contributed by atoms with Crippen LogP contribution in [-0.4, -0.2) is 40.3 Å². The van der Waals surface area contributed by atoms with Crippen LogP contribution in [0.2, 0.25) is 0 Å². The van der Waals surface area contributed by atoms with Crippen LogP contribution in [0, 0.1) is 6.92 Å². The Morgan fingerprint density at radius 1 is 1.03 bits per heavy atom. The van der Waals surface area contributed by atoms with Crippen molar-refractivity contribution in [2.45, 2.75) is 30.7 Å². The first-order valence-corrected chi connectivity index (χ1v) is 12.5. The average molecular weight is 495 g/mol. The van der Waals surface area contributed by atoms with Gasteiger partial charge in [0.1, 0.15) is 11.5 Å². The van der Waals surface area contributed by atoms with Gasteiger partial charge in [0.2, 0.25) is 5.91 Å². The first-order chi connectivity index (χ1) is 16.5. The van der Waals surface area contributed by atoms with Gasteiger partial charge in [-0.05, 0) is 61.9 Å². The van der Waals surface area contributed by atoms with Gasteiger partial charge in [-0.15, -0.1) is 11.3 Å². The standard InChI is InChI=1S/C25H26N4O3S2/c1-5-20(23(30)29-24-26-15(2)14-33-24)34-25-27-21(16-6-10-18(31-3)11-7-16)22(28-25)17-8-12-19(32-4)13-9-17/h6-14,20H,5H2,1-4H3,(H,27,28)(H,26,29,30). The van der Waals surface area contributed by atoms with E-state index in [1.807, 2.05) is 67.8 Å². The maximum absolute atomic E-state index is 12.9. The molecule has 7 nitrogen and oxygen atoms in total. The van der Waals surface area contributed by atoms with Crippen molar-refractivity contribution >= 4 is 34.1 Å². The molecular formula is C25H26N4O3S2. The summed E-state index contributed by atoms with van der Waals surface area (Å²) in [5.74, 6) is 1.47. The summed E-state index contributed by atoms with van der Waals surface area (Å²) in [4.78, 5) is 25.5. The molecule has 1 amide bonds. The zero-order valence-corrected chi connectivity index (χ0v) is 21.0. The lowest BCUT2D eigenvalue weighted by molar-refractivity contribution is -0.115. The number of aromatic nitrogens is 3. The molecule has 34 heavy (non-hydrogen) atoms. The van der Waals surface area contributed by atoms with E-state index in [9.17, 15) is 4.79 Å². The molecule has 2 aromatic heterocycles. The number of rotatable bonds is 9. The van der Waals surface area contributed by atoms with Gasteiger partial charge < -0.3 is 19.8 Å². The van der Waals surface area contributed by atoms with Gasteiger partial charge >= 0.3 is 0 Å². The van der Waals surface area contributed by atoms with Crippen LogP contribution in [0.15, 0.2) is 59.1 Å². The molecule has 0 fully saturated rings. The largest absolute Gasteiger partial charge is 0.497 e. The molecule has 1 atom stereocenters. The van der Waals surface area contributed by atoms with E-state index in [1.54, 1.807) is 14.2 Å². The molecule has 0 spiro atoms. The zero-order chi connectivity index (χ0) is 24.1. The van der Waals surface area contributed by atoms with Crippen LogP contribution < -0.4 is 14.8 Å². The molecule has 4 aromatic rings. The second-order valence-corrected chi connectivity index (χ2v) is 9.57. The third-order valence-corrected chi connectivity index (χ3v) is 7.31. The van der Waals surface area contributed by atoms with Crippen LogP contribution in [-0.2, 0) is 4.79 Å². The van der Waals surface area contributed by atoms with E-state index < -0.39 is 0 Å². The molecule has 0 aliphatic carbocycles. The minimum Gasteiger partial charge on any atom is -0.497 e. The number of thiazole rings is 1. The third kappa shape index (κ3) is 5.43. The topological polar surface area (TPSA) is 89.1 Å². The third-order valence-electron chi connectivity index (χ3n) is 5.19. The van der Waals surface area contributed by atoms with E-state index in [4.69, 9.17) is 14.5 Å². The minimum atomic E-state index is -0.317. The van der Waals surface area contributed by atoms with Gasteiger partial charge in [-0.25, -0.2) is 9.97 Å². The molecular weight excluding hydrogens is 468 g/mol. The Balaban J connectivity index is 1.64. The number of anilines is 1. The fourth-order valence-corrected chi connectivity index (χ4v) is 4.98. The van der Waals surface area contributed by atoms with Crippen LogP contribution >= 0.6 is 23.1 Å². The predicted molar refractivity (Wildman–Crippen MR) is 138 cm³/mol. The summed E-state index contributed by atoms with van der Waals surface area (Å²) in [5.41, 5.74) is 4.50. The Morgan fingerprint density at radius 2 is 1.65 bits per heavy atom.